The van der Waals surface area contributed by atoms with Gasteiger partial charge in [0, 0.05) is 6.04 Å². The summed E-state index contributed by atoms with van der Waals surface area (Å²) in [7, 11) is 0. The van der Waals surface area contributed by atoms with E-state index in [0.717, 1.165) is 12.8 Å². The third-order valence-corrected chi connectivity index (χ3v) is 3.53. The Morgan fingerprint density at radius 1 is 1.33 bits per heavy atom. The van der Waals surface area contributed by atoms with Crippen molar-refractivity contribution in [2.45, 2.75) is 58.7 Å². The van der Waals surface area contributed by atoms with Crippen molar-refractivity contribution in [1.82, 2.24) is 10.2 Å². The highest BCUT2D eigenvalue weighted by Gasteiger charge is 2.38. The van der Waals surface area contributed by atoms with E-state index >= 15 is 0 Å². The van der Waals surface area contributed by atoms with Gasteiger partial charge in [-0.25, -0.2) is 0 Å². The first-order chi connectivity index (χ1) is 8.34. The third kappa shape index (κ3) is 3.45. The Morgan fingerprint density at radius 3 is 2.44 bits per heavy atom. The second-order valence-electron chi connectivity index (χ2n) is 5.48. The number of aliphatic carboxylic acids is 1. The molecule has 3 unspecified atom stereocenters. The smallest absolute Gasteiger partial charge is 0.321 e. The molecule has 3 atom stereocenters. The first kappa shape index (κ1) is 15.0. The van der Waals surface area contributed by atoms with E-state index in [2.05, 4.69) is 5.32 Å². The molecule has 0 aromatic heterocycles. The Labute approximate surface area is 109 Å². The molecule has 1 fully saturated rings. The molecule has 1 saturated heterocycles. The number of carbonyl (C=O) groups excluding carboxylic acids is 1. The number of carboxylic acid groups (broad SMARTS) is 1. The fourth-order valence-corrected chi connectivity index (χ4v) is 2.60. The van der Waals surface area contributed by atoms with E-state index < -0.39 is 18.1 Å². The number of carboxylic acids is 1. The topological polar surface area (TPSA) is 69.6 Å². The lowest BCUT2D eigenvalue weighted by atomic mass is 9.89. The summed E-state index contributed by atoms with van der Waals surface area (Å²) >= 11 is 0. The number of amides is 1. The van der Waals surface area contributed by atoms with Crippen LogP contribution in [0.2, 0.25) is 0 Å². The van der Waals surface area contributed by atoms with E-state index in [-0.39, 0.29) is 17.9 Å². The molecular formula is C13H24N2O3. The zero-order chi connectivity index (χ0) is 13.9. The van der Waals surface area contributed by atoms with Crippen molar-refractivity contribution in [3.8, 4) is 0 Å². The van der Waals surface area contributed by atoms with Gasteiger partial charge in [-0.15, -0.1) is 0 Å². The minimum Gasteiger partial charge on any atom is -0.480 e. The summed E-state index contributed by atoms with van der Waals surface area (Å²) in [6, 6.07) is -0.867. The van der Waals surface area contributed by atoms with Crippen molar-refractivity contribution in [2.75, 3.05) is 6.54 Å². The number of likely N-dealkylation sites (tertiary alicyclic amines) is 1. The SMILES string of the molecule is CC(C)NC(=O)C(C)N1CCCC(C)C1C(=O)O. The molecule has 1 rings (SSSR count). The van der Waals surface area contributed by atoms with Crippen molar-refractivity contribution in [1.29, 1.82) is 0 Å². The summed E-state index contributed by atoms with van der Waals surface area (Å²) in [4.78, 5) is 25.1. The highest BCUT2D eigenvalue weighted by molar-refractivity contribution is 5.83. The standard InChI is InChI=1S/C13H24N2O3/c1-8(2)14-12(16)10(4)15-7-5-6-9(3)11(15)13(17)18/h8-11H,5-7H2,1-4H3,(H,14,16)(H,17,18). The molecule has 1 aliphatic rings. The van der Waals surface area contributed by atoms with Gasteiger partial charge in [-0.1, -0.05) is 6.92 Å². The van der Waals surface area contributed by atoms with Gasteiger partial charge in [0.2, 0.25) is 5.91 Å². The van der Waals surface area contributed by atoms with E-state index in [1.54, 1.807) is 6.92 Å². The summed E-state index contributed by atoms with van der Waals surface area (Å²) < 4.78 is 0. The molecule has 2 N–H and O–H groups in total. The van der Waals surface area contributed by atoms with Crippen LogP contribution in [-0.4, -0.2) is 46.6 Å². The van der Waals surface area contributed by atoms with Crippen molar-refractivity contribution < 1.29 is 14.7 Å². The maximum Gasteiger partial charge on any atom is 0.321 e. The Balaban J connectivity index is 2.77. The molecule has 0 bridgehead atoms. The summed E-state index contributed by atoms with van der Waals surface area (Å²) in [5, 5.41) is 12.2. The fraction of sp³-hybridized carbons (Fsp3) is 0.846. The van der Waals surface area contributed by atoms with E-state index in [4.69, 9.17) is 0 Å². The number of carbonyl (C=O) groups is 2. The quantitative estimate of drug-likeness (QED) is 0.790. The number of nitrogens with one attached hydrogen (secondary N) is 1. The summed E-state index contributed by atoms with van der Waals surface area (Å²) in [5.74, 6) is -0.831. The molecule has 0 radical (unpaired) electrons. The Kier molecular flexibility index (Phi) is 5.14. The number of hydrogen-bond donors (Lipinski definition) is 2. The molecule has 5 nitrogen and oxygen atoms in total. The van der Waals surface area contributed by atoms with Gasteiger partial charge < -0.3 is 10.4 Å². The molecule has 0 aromatic rings. The van der Waals surface area contributed by atoms with Crippen molar-refractivity contribution in [3.63, 3.8) is 0 Å². The van der Waals surface area contributed by atoms with Gasteiger partial charge in [-0.05, 0) is 46.1 Å². The first-order valence-corrected chi connectivity index (χ1v) is 6.63. The molecule has 0 saturated carbocycles. The molecule has 1 amide bonds. The number of nitrogens with zero attached hydrogens (tertiary/aromatic N) is 1. The molecule has 1 heterocycles. The predicted octanol–water partition coefficient (Wildman–Crippen LogP) is 1.08. The monoisotopic (exact) mass is 256 g/mol. The third-order valence-electron chi connectivity index (χ3n) is 3.53. The van der Waals surface area contributed by atoms with E-state index in [1.165, 1.54) is 0 Å². The molecule has 104 valence electrons. The highest BCUT2D eigenvalue weighted by atomic mass is 16.4. The zero-order valence-electron chi connectivity index (χ0n) is 11.6. The minimum absolute atomic E-state index is 0.0745. The first-order valence-electron chi connectivity index (χ1n) is 6.63. The lowest BCUT2D eigenvalue weighted by Crippen LogP contribution is -2.57. The van der Waals surface area contributed by atoms with Gasteiger partial charge in [0.1, 0.15) is 6.04 Å². The van der Waals surface area contributed by atoms with Crippen LogP contribution >= 0.6 is 0 Å². The number of piperidine rings is 1. The van der Waals surface area contributed by atoms with Crippen molar-refractivity contribution >= 4 is 11.9 Å². The molecule has 0 aliphatic carbocycles. The van der Waals surface area contributed by atoms with Gasteiger partial charge in [0.25, 0.3) is 0 Å². The average Bonchev–Trinajstić information content (AvgIpc) is 2.26. The Bertz CT molecular complexity index is 317. The van der Waals surface area contributed by atoms with Gasteiger partial charge >= 0.3 is 5.97 Å². The van der Waals surface area contributed by atoms with Crippen molar-refractivity contribution in [2.24, 2.45) is 5.92 Å². The number of rotatable bonds is 4. The highest BCUT2D eigenvalue weighted by Crippen LogP contribution is 2.25. The van der Waals surface area contributed by atoms with Crippen LogP contribution in [0.1, 0.15) is 40.5 Å². The summed E-state index contributed by atoms with van der Waals surface area (Å²) in [6.45, 7) is 8.20. The maximum atomic E-state index is 12.0. The molecular weight excluding hydrogens is 232 g/mol. The van der Waals surface area contributed by atoms with Crippen LogP contribution in [0.25, 0.3) is 0 Å². The normalized spacial score (nSPS) is 26.9. The van der Waals surface area contributed by atoms with Crippen LogP contribution in [0.3, 0.4) is 0 Å². The maximum absolute atomic E-state index is 12.0. The molecule has 0 aromatic carbocycles. The van der Waals surface area contributed by atoms with Gasteiger partial charge in [-0.3, -0.25) is 14.5 Å². The summed E-state index contributed by atoms with van der Waals surface area (Å²) in [5.41, 5.74) is 0. The van der Waals surface area contributed by atoms with Crippen LogP contribution in [0.15, 0.2) is 0 Å². The second kappa shape index (κ2) is 6.18. The lowest BCUT2D eigenvalue weighted by molar-refractivity contribution is -0.149. The molecule has 1 aliphatic heterocycles. The van der Waals surface area contributed by atoms with E-state index in [0.29, 0.717) is 6.54 Å². The second-order valence-corrected chi connectivity index (χ2v) is 5.48. The number of hydrogen-bond acceptors (Lipinski definition) is 3. The van der Waals surface area contributed by atoms with Crippen LogP contribution in [-0.2, 0) is 9.59 Å². The molecule has 0 spiro atoms. The molecule has 18 heavy (non-hydrogen) atoms. The average molecular weight is 256 g/mol. The molecule has 5 heteroatoms. The Morgan fingerprint density at radius 2 is 1.94 bits per heavy atom. The van der Waals surface area contributed by atoms with E-state index in [1.807, 2.05) is 25.7 Å². The predicted molar refractivity (Wildman–Crippen MR) is 69.3 cm³/mol. The van der Waals surface area contributed by atoms with Crippen LogP contribution in [0.5, 0.6) is 0 Å². The van der Waals surface area contributed by atoms with Gasteiger partial charge in [0.15, 0.2) is 0 Å². The van der Waals surface area contributed by atoms with Crippen LogP contribution in [0.4, 0.5) is 0 Å². The fourth-order valence-electron chi connectivity index (χ4n) is 2.60. The largest absolute Gasteiger partial charge is 0.480 e. The minimum atomic E-state index is -0.827. The van der Waals surface area contributed by atoms with E-state index in [9.17, 15) is 14.7 Å². The van der Waals surface area contributed by atoms with Crippen LogP contribution < -0.4 is 5.32 Å². The van der Waals surface area contributed by atoms with Gasteiger partial charge in [0.05, 0.1) is 6.04 Å². The van der Waals surface area contributed by atoms with Gasteiger partial charge in [-0.2, -0.15) is 0 Å². The zero-order valence-corrected chi connectivity index (χ0v) is 11.6. The van der Waals surface area contributed by atoms with Crippen molar-refractivity contribution in [3.05, 3.63) is 0 Å². The van der Waals surface area contributed by atoms with Crippen LogP contribution in [0, 0.1) is 5.92 Å². The Hall–Kier alpha value is -1.10. The lowest BCUT2D eigenvalue weighted by Gasteiger charge is -2.40. The summed E-state index contributed by atoms with van der Waals surface area (Å²) in [6.07, 6.45) is 1.86.